The van der Waals surface area contributed by atoms with Crippen molar-refractivity contribution in [2.45, 2.75) is 19.3 Å². The van der Waals surface area contributed by atoms with Crippen LogP contribution >= 0.6 is 0 Å². The molecule has 0 saturated carbocycles. The first-order valence-corrected chi connectivity index (χ1v) is 11.7. The molecule has 1 aliphatic heterocycles. The molecule has 9 nitrogen and oxygen atoms in total. The first-order chi connectivity index (χ1) is 17.6. The van der Waals surface area contributed by atoms with Gasteiger partial charge in [0.15, 0.2) is 11.5 Å². The quantitative estimate of drug-likeness (QED) is 0.366. The zero-order valence-corrected chi connectivity index (χ0v) is 20.4. The third-order valence-electron chi connectivity index (χ3n) is 5.93. The molecule has 0 bridgehead atoms. The molecule has 2 aromatic carbocycles. The Kier molecular flexibility index (Phi) is 8.12. The highest BCUT2D eigenvalue weighted by atomic mass is 16.5. The lowest BCUT2D eigenvalue weighted by Gasteiger charge is -2.29. The van der Waals surface area contributed by atoms with Crippen LogP contribution in [0.15, 0.2) is 66.0 Å². The summed E-state index contributed by atoms with van der Waals surface area (Å²) < 4.78 is 10.6. The van der Waals surface area contributed by atoms with Gasteiger partial charge in [0.2, 0.25) is 0 Å². The number of rotatable bonds is 8. The fraction of sp³-hybridized carbons (Fsp3) is 0.259. The van der Waals surface area contributed by atoms with E-state index >= 15 is 0 Å². The largest absolute Gasteiger partial charge is 0.493 e. The van der Waals surface area contributed by atoms with E-state index in [1.54, 1.807) is 48.8 Å². The molecule has 2 amide bonds. The molecule has 1 fully saturated rings. The Morgan fingerprint density at radius 3 is 2.50 bits per heavy atom. The number of anilines is 2. The average molecular weight is 488 g/mol. The minimum atomic E-state index is -0.434. The van der Waals surface area contributed by atoms with Crippen molar-refractivity contribution in [1.29, 1.82) is 0 Å². The van der Waals surface area contributed by atoms with Gasteiger partial charge in [0.25, 0.3) is 11.8 Å². The zero-order valence-electron chi connectivity index (χ0n) is 20.4. The van der Waals surface area contributed by atoms with Crippen LogP contribution in [-0.4, -0.2) is 50.3 Å². The van der Waals surface area contributed by atoms with Gasteiger partial charge >= 0.3 is 0 Å². The van der Waals surface area contributed by atoms with E-state index in [9.17, 15) is 9.59 Å². The summed E-state index contributed by atoms with van der Waals surface area (Å²) in [5, 5.41) is 6.92. The minimum absolute atomic E-state index is 0.315. The molecule has 9 heteroatoms. The topological polar surface area (TPSA) is 105 Å². The number of aromatic nitrogens is 1. The van der Waals surface area contributed by atoms with Crippen molar-refractivity contribution in [2.75, 3.05) is 37.5 Å². The van der Waals surface area contributed by atoms with Gasteiger partial charge < -0.3 is 19.7 Å². The summed E-state index contributed by atoms with van der Waals surface area (Å²) in [6.45, 7) is 1.86. The number of carbonyl (C=O) groups is 2. The summed E-state index contributed by atoms with van der Waals surface area (Å²) in [7, 11) is 3.04. The lowest BCUT2D eigenvalue weighted by atomic mass is 10.1. The highest BCUT2D eigenvalue weighted by Gasteiger charge is 2.19. The van der Waals surface area contributed by atoms with Crippen LogP contribution in [-0.2, 0) is 0 Å². The Morgan fingerprint density at radius 2 is 1.78 bits per heavy atom. The number of amides is 2. The van der Waals surface area contributed by atoms with E-state index in [-0.39, 0.29) is 5.91 Å². The minimum Gasteiger partial charge on any atom is -0.493 e. The molecular formula is C27H29N5O4. The number of nitrogens with one attached hydrogen (secondary N) is 2. The zero-order chi connectivity index (χ0) is 25.3. The number of hydrazone groups is 1. The van der Waals surface area contributed by atoms with Crippen LogP contribution in [0.3, 0.4) is 0 Å². The molecule has 0 spiro atoms. The van der Waals surface area contributed by atoms with Gasteiger partial charge in [0, 0.05) is 42.3 Å². The SMILES string of the molecule is COc1ccc(C(=O)Nc2ccc(N3CCCCC3)cc2C(=O)NN=Cc2cccnc2)cc1OC. The van der Waals surface area contributed by atoms with Gasteiger partial charge in [-0.3, -0.25) is 14.6 Å². The Morgan fingerprint density at radius 1 is 0.972 bits per heavy atom. The Balaban J connectivity index is 1.59. The molecular weight excluding hydrogens is 458 g/mol. The molecule has 4 rings (SSSR count). The van der Waals surface area contributed by atoms with Crippen molar-refractivity contribution < 1.29 is 19.1 Å². The van der Waals surface area contributed by atoms with Crippen LogP contribution in [0.2, 0.25) is 0 Å². The molecule has 2 heterocycles. The number of benzene rings is 2. The van der Waals surface area contributed by atoms with Crippen LogP contribution in [0, 0.1) is 0 Å². The number of pyridine rings is 1. The van der Waals surface area contributed by atoms with Crippen molar-refractivity contribution in [3.63, 3.8) is 0 Å². The van der Waals surface area contributed by atoms with Gasteiger partial charge in [-0.05, 0) is 61.7 Å². The van der Waals surface area contributed by atoms with E-state index in [1.165, 1.54) is 26.9 Å². The molecule has 0 aliphatic carbocycles. The second kappa shape index (κ2) is 11.8. The Hall–Kier alpha value is -4.40. The summed E-state index contributed by atoms with van der Waals surface area (Å²) in [5.74, 6) is 0.144. The number of hydrogen-bond donors (Lipinski definition) is 2. The molecule has 2 N–H and O–H groups in total. The predicted octanol–water partition coefficient (Wildman–Crippen LogP) is 4.11. The number of methoxy groups -OCH3 is 2. The summed E-state index contributed by atoms with van der Waals surface area (Å²) in [6.07, 6.45) is 8.23. The van der Waals surface area contributed by atoms with E-state index in [1.807, 2.05) is 12.1 Å². The van der Waals surface area contributed by atoms with Gasteiger partial charge in [-0.2, -0.15) is 5.10 Å². The summed E-state index contributed by atoms with van der Waals surface area (Å²) in [4.78, 5) is 32.5. The van der Waals surface area contributed by atoms with E-state index in [0.29, 0.717) is 28.3 Å². The Bertz CT molecular complexity index is 1240. The lowest BCUT2D eigenvalue weighted by Crippen LogP contribution is -2.30. The molecule has 0 radical (unpaired) electrons. The average Bonchev–Trinajstić information content (AvgIpc) is 2.93. The molecule has 0 atom stereocenters. The second-order valence-corrected chi connectivity index (χ2v) is 8.29. The number of nitrogens with zero attached hydrogens (tertiary/aromatic N) is 3. The van der Waals surface area contributed by atoms with Crippen LogP contribution < -0.4 is 25.1 Å². The smallest absolute Gasteiger partial charge is 0.273 e. The number of ether oxygens (including phenoxy) is 2. The maximum atomic E-state index is 13.1. The van der Waals surface area contributed by atoms with E-state index < -0.39 is 5.91 Å². The van der Waals surface area contributed by atoms with Crippen molar-refractivity contribution in [3.05, 3.63) is 77.6 Å². The Labute approximate surface area is 210 Å². The highest BCUT2D eigenvalue weighted by molar-refractivity contribution is 6.09. The first kappa shape index (κ1) is 24.7. The monoisotopic (exact) mass is 487 g/mol. The van der Waals surface area contributed by atoms with Crippen LogP contribution in [0.25, 0.3) is 0 Å². The van der Waals surface area contributed by atoms with Crippen molar-refractivity contribution in [2.24, 2.45) is 5.10 Å². The van der Waals surface area contributed by atoms with Crippen molar-refractivity contribution in [1.82, 2.24) is 10.4 Å². The predicted molar refractivity (Wildman–Crippen MR) is 139 cm³/mol. The molecule has 1 aliphatic rings. The second-order valence-electron chi connectivity index (χ2n) is 8.29. The lowest BCUT2D eigenvalue weighted by molar-refractivity contribution is 0.0956. The fourth-order valence-corrected chi connectivity index (χ4v) is 4.03. The van der Waals surface area contributed by atoms with Crippen LogP contribution in [0.1, 0.15) is 45.5 Å². The van der Waals surface area contributed by atoms with E-state index in [0.717, 1.165) is 37.2 Å². The van der Waals surface area contributed by atoms with Gasteiger partial charge in [-0.25, -0.2) is 5.43 Å². The maximum absolute atomic E-state index is 13.1. The molecule has 3 aromatic rings. The molecule has 1 saturated heterocycles. The van der Waals surface area contributed by atoms with Gasteiger partial charge in [-0.1, -0.05) is 6.07 Å². The van der Waals surface area contributed by atoms with E-state index in [4.69, 9.17) is 9.47 Å². The standard InChI is InChI=1S/C27H29N5O4/c1-35-24-11-8-20(15-25(24)36-2)26(33)30-23-10-9-21(32-13-4-3-5-14-32)16-22(23)27(34)31-29-18-19-7-6-12-28-17-19/h6-12,15-18H,3-5,13-14H2,1-2H3,(H,30,33)(H,31,34). The first-order valence-electron chi connectivity index (χ1n) is 11.7. The third-order valence-corrected chi connectivity index (χ3v) is 5.93. The number of piperidine rings is 1. The summed E-state index contributed by atoms with van der Waals surface area (Å²) in [5.41, 5.74) is 5.31. The normalized spacial score (nSPS) is 13.3. The summed E-state index contributed by atoms with van der Waals surface area (Å²) in [6, 6.07) is 14.0. The highest BCUT2D eigenvalue weighted by Crippen LogP contribution is 2.29. The number of carbonyl (C=O) groups excluding carboxylic acids is 2. The van der Waals surface area contributed by atoms with Crippen molar-refractivity contribution in [3.8, 4) is 11.5 Å². The molecule has 36 heavy (non-hydrogen) atoms. The molecule has 0 unspecified atom stereocenters. The fourth-order valence-electron chi connectivity index (χ4n) is 4.03. The summed E-state index contributed by atoms with van der Waals surface area (Å²) >= 11 is 0. The van der Waals surface area contributed by atoms with Crippen molar-refractivity contribution >= 4 is 29.4 Å². The van der Waals surface area contributed by atoms with Gasteiger partial charge in [0.1, 0.15) is 0 Å². The van der Waals surface area contributed by atoms with E-state index in [2.05, 4.69) is 25.7 Å². The van der Waals surface area contributed by atoms with Gasteiger partial charge in [0.05, 0.1) is 31.7 Å². The molecule has 186 valence electrons. The van der Waals surface area contributed by atoms with Crippen LogP contribution in [0.5, 0.6) is 11.5 Å². The maximum Gasteiger partial charge on any atom is 0.273 e. The van der Waals surface area contributed by atoms with Crippen LogP contribution in [0.4, 0.5) is 11.4 Å². The third kappa shape index (κ3) is 5.99. The van der Waals surface area contributed by atoms with Gasteiger partial charge in [-0.15, -0.1) is 0 Å². The number of hydrogen-bond acceptors (Lipinski definition) is 7. The molecule has 1 aromatic heterocycles.